The van der Waals surface area contributed by atoms with Crippen LogP contribution in [0.4, 0.5) is 0 Å². The maximum Gasteiger partial charge on any atom is 0.251 e. The molecule has 0 aromatic heterocycles. The predicted molar refractivity (Wildman–Crippen MR) is 65.6 cm³/mol. The number of carbonyl (C=O) groups excluding carboxylic acids is 1. The predicted octanol–water partition coefficient (Wildman–Crippen LogP) is 1.19. The van der Waals surface area contributed by atoms with E-state index in [1.807, 2.05) is 18.2 Å². The number of nitrogens with one attached hydrogen (secondary N) is 1. The van der Waals surface area contributed by atoms with Crippen molar-refractivity contribution in [3.63, 3.8) is 0 Å². The maximum atomic E-state index is 11.8. The Balaban J connectivity index is 1.91. The SMILES string of the molecule is NCCCCNC(=O)c1ccc2c(c1)COC2. The second-order valence-corrected chi connectivity index (χ2v) is 4.23. The van der Waals surface area contributed by atoms with Gasteiger partial charge in [0, 0.05) is 12.1 Å². The number of ether oxygens (including phenoxy) is 1. The molecule has 1 aromatic carbocycles. The van der Waals surface area contributed by atoms with E-state index < -0.39 is 0 Å². The Kier molecular flexibility index (Phi) is 4.12. The van der Waals surface area contributed by atoms with Crippen molar-refractivity contribution in [1.29, 1.82) is 0 Å². The molecule has 0 fully saturated rings. The normalized spacial score (nSPS) is 13.5. The van der Waals surface area contributed by atoms with Crippen LogP contribution in [-0.2, 0) is 18.0 Å². The van der Waals surface area contributed by atoms with Crippen LogP contribution >= 0.6 is 0 Å². The molecule has 1 aliphatic heterocycles. The van der Waals surface area contributed by atoms with Gasteiger partial charge in [0.05, 0.1) is 13.2 Å². The average Bonchev–Trinajstić information content (AvgIpc) is 2.81. The van der Waals surface area contributed by atoms with Crippen LogP contribution in [0.1, 0.15) is 34.3 Å². The summed E-state index contributed by atoms with van der Waals surface area (Å²) in [6.07, 6.45) is 1.87. The van der Waals surface area contributed by atoms with Crippen molar-refractivity contribution in [3.8, 4) is 0 Å². The minimum absolute atomic E-state index is 0.0169. The molecule has 0 saturated carbocycles. The van der Waals surface area contributed by atoms with E-state index in [-0.39, 0.29) is 5.91 Å². The Labute approximate surface area is 101 Å². The van der Waals surface area contributed by atoms with Crippen LogP contribution in [0, 0.1) is 0 Å². The summed E-state index contributed by atoms with van der Waals surface area (Å²) >= 11 is 0. The molecule has 0 radical (unpaired) electrons. The number of hydrogen-bond acceptors (Lipinski definition) is 3. The number of nitrogens with two attached hydrogens (primary N) is 1. The molecule has 0 aliphatic carbocycles. The molecule has 3 N–H and O–H groups in total. The standard InChI is InChI=1S/C13H18N2O2/c14-5-1-2-6-15-13(16)10-3-4-11-8-17-9-12(11)7-10/h3-4,7H,1-2,5-6,8-9,14H2,(H,15,16). The Morgan fingerprint density at radius 2 is 2.12 bits per heavy atom. The first-order valence-electron chi connectivity index (χ1n) is 5.99. The molecule has 0 unspecified atom stereocenters. The van der Waals surface area contributed by atoms with Crippen molar-refractivity contribution in [2.75, 3.05) is 13.1 Å². The molecule has 4 nitrogen and oxygen atoms in total. The van der Waals surface area contributed by atoms with Crippen molar-refractivity contribution in [2.45, 2.75) is 26.1 Å². The summed E-state index contributed by atoms with van der Waals surface area (Å²) in [7, 11) is 0. The van der Waals surface area contributed by atoms with Crippen molar-refractivity contribution in [1.82, 2.24) is 5.32 Å². The third-order valence-corrected chi connectivity index (χ3v) is 2.90. The summed E-state index contributed by atoms with van der Waals surface area (Å²) in [6, 6.07) is 5.74. The largest absolute Gasteiger partial charge is 0.372 e. The van der Waals surface area contributed by atoms with E-state index in [2.05, 4.69) is 5.32 Å². The van der Waals surface area contributed by atoms with Crippen LogP contribution in [0.2, 0.25) is 0 Å². The molecule has 0 bridgehead atoms. The van der Waals surface area contributed by atoms with Gasteiger partial charge in [-0.05, 0) is 42.6 Å². The fraction of sp³-hybridized carbons (Fsp3) is 0.462. The molecular weight excluding hydrogens is 216 g/mol. The fourth-order valence-corrected chi connectivity index (χ4v) is 1.89. The smallest absolute Gasteiger partial charge is 0.251 e. The third kappa shape index (κ3) is 3.05. The van der Waals surface area contributed by atoms with Crippen molar-refractivity contribution in [2.24, 2.45) is 5.73 Å². The highest BCUT2D eigenvalue weighted by molar-refractivity contribution is 5.94. The van der Waals surface area contributed by atoms with Gasteiger partial charge in [0.1, 0.15) is 0 Å². The highest BCUT2D eigenvalue weighted by Gasteiger charge is 2.13. The molecule has 1 aromatic rings. The zero-order valence-corrected chi connectivity index (χ0v) is 9.87. The second kappa shape index (κ2) is 5.80. The lowest BCUT2D eigenvalue weighted by Crippen LogP contribution is -2.25. The number of rotatable bonds is 5. The molecule has 1 aliphatic rings. The van der Waals surface area contributed by atoms with E-state index in [1.54, 1.807) is 0 Å². The van der Waals surface area contributed by atoms with Gasteiger partial charge in [-0.2, -0.15) is 0 Å². The maximum absolute atomic E-state index is 11.8. The molecule has 0 spiro atoms. The van der Waals surface area contributed by atoms with E-state index in [9.17, 15) is 4.79 Å². The lowest BCUT2D eigenvalue weighted by molar-refractivity contribution is 0.0953. The molecular formula is C13H18N2O2. The molecule has 0 saturated heterocycles. The monoisotopic (exact) mass is 234 g/mol. The third-order valence-electron chi connectivity index (χ3n) is 2.90. The number of unbranched alkanes of at least 4 members (excludes halogenated alkanes) is 1. The van der Waals surface area contributed by atoms with E-state index >= 15 is 0 Å². The summed E-state index contributed by atoms with van der Waals surface area (Å²) in [5.41, 5.74) is 8.41. The minimum Gasteiger partial charge on any atom is -0.372 e. The molecule has 1 heterocycles. The topological polar surface area (TPSA) is 64.3 Å². The number of carbonyl (C=O) groups is 1. The summed E-state index contributed by atoms with van der Waals surface area (Å²) in [5, 5.41) is 2.89. The zero-order chi connectivity index (χ0) is 12.1. The summed E-state index contributed by atoms with van der Waals surface area (Å²) in [4.78, 5) is 11.8. The van der Waals surface area contributed by atoms with Gasteiger partial charge in [-0.25, -0.2) is 0 Å². The lowest BCUT2D eigenvalue weighted by atomic mass is 10.1. The fourth-order valence-electron chi connectivity index (χ4n) is 1.89. The van der Waals surface area contributed by atoms with Crippen LogP contribution in [0.15, 0.2) is 18.2 Å². The van der Waals surface area contributed by atoms with Crippen molar-refractivity contribution in [3.05, 3.63) is 34.9 Å². The number of hydrogen-bond donors (Lipinski definition) is 2. The highest BCUT2D eigenvalue weighted by Crippen LogP contribution is 2.20. The van der Waals surface area contributed by atoms with E-state index in [4.69, 9.17) is 10.5 Å². The van der Waals surface area contributed by atoms with Gasteiger partial charge in [0.25, 0.3) is 5.91 Å². The van der Waals surface area contributed by atoms with E-state index in [1.165, 1.54) is 5.56 Å². The van der Waals surface area contributed by atoms with Gasteiger partial charge >= 0.3 is 0 Å². The first kappa shape index (κ1) is 12.1. The molecule has 4 heteroatoms. The number of benzene rings is 1. The second-order valence-electron chi connectivity index (χ2n) is 4.23. The van der Waals surface area contributed by atoms with Gasteiger partial charge in [0.2, 0.25) is 0 Å². The van der Waals surface area contributed by atoms with Gasteiger partial charge < -0.3 is 15.8 Å². The number of amides is 1. The van der Waals surface area contributed by atoms with Crippen LogP contribution < -0.4 is 11.1 Å². The van der Waals surface area contributed by atoms with Gasteiger partial charge in [-0.15, -0.1) is 0 Å². The summed E-state index contributed by atoms with van der Waals surface area (Å²) < 4.78 is 5.32. The Morgan fingerprint density at radius 3 is 2.94 bits per heavy atom. The zero-order valence-electron chi connectivity index (χ0n) is 9.87. The molecule has 17 heavy (non-hydrogen) atoms. The highest BCUT2D eigenvalue weighted by atomic mass is 16.5. The first-order valence-corrected chi connectivity index (χ1v) is 5.99. The number of fused-ring (bicyclic) bond motifs is 1. The molecule has 2 rings (SSSR count). The van der Waals surface area contributed by atoms with Gasteiger partial charge in [-0.3, -0.25) is 4.79 Å². The Hall–Kier alpha value is -1.39. The lowest BCUT2D eigenvalue weighted by Gasteiger charge is -2.06. The average molecular weight is 234 g/mol. The van der Waals surface area contributed by atoms with Gasteiger partial charge in [-0.1, -0.05) is 6.07 Å². The van der Waals surface area contributed by atoms with Crippen molar-refractivity contribution < 1.29 is 9.53 Å². The van der Waals surface area contributed by atoms with Crippen molar-refractivity contribution >= 4 is 5.91 Å². The molecule has 92 valence electrons. The Bertz CT molecular complexity index is 404. The van der Waals surface area contributed by atoms with Crippen LogP contribution in [0.5, 0.6) is 0 Å². The quantitative estimate of drug-likeness (QED) is 0.752. The van der Waals surface area contributed by atoms with Crippen LogP contribution in [-0.4, -0.2) is 19.0 Å². The van der Waals surface area contributed by atoms with Crippen LogP contribution in [0.25, 0.3) is 0 Å². The molecule has 1 amide bonds. The minimum atomic E-state index is -0.0169. The summed E-state index contributed by atoms with van der Waals surface area (Å²) in [5.74, 6) is -0.0169. The van der Waals surface area contributed by atoms with Crippen LogP contribution in [0.3, 0.4) is 0 Å². The van der Waals surface area contributed by atoms with E-state index in [0.29, 0.717) is 31.9 Å². The first-order chi connectivity index (χ1) is 8.31. The van der Waals surface area contributed by atoms with Gasteiger partial charge in [0.15, 0.2) is 0 Å². The summed E-state index contributed by atoms with van der Waals surface area (Å²) in [6.45, 7) is 2.63. The molecule has 0 atom stereocenters. The Morgan fingerprint density at radius 1 is 1.29 bits per heavy atom. The van der Waals surface area contributed by atoms with E-state index in [0.717, 1.165) is 18.4 Å².